The Morgan fingerprint density at radius 3 is 2.73 bits per heavy atom. The zero-order valence-electron chi connectivity index (χ0n) is 15.2. The molecule has 2 aromatic rings. The summed E-state index contributed by atoms with van der Waals surface area (Å²) < 4.78 is 11.0. The largest absolute Gasteiger partial charge is 0.493 e. The summed E-state index contributed by atoms with van der Waals surface area (Å²) in [5.74, 6) is 1.61. The van der Waals surface area contributed by atoms with Gasteiger partial charge < -0.3 is 15.2 Å². The van der Waals surface area contributed by atoms with Gasteiger partial charge in [-0.15, -0.1) is 5.10 Å². The molecular weight excluding hydrogens is 346 g/mol. The van der Waals surface area contributed by atoms with Crippen LogP contribution < -0.4 is 10.5 Å². The van der Waals surface area contributed by atoms with Gasteiger partial charge in [-0.25, -0.2) is 0 Å². The van der Waals surface area contributed by atoms with Gasteiger partial charge in [0, 0.05) is 18.4 Å². The first-order valence-electron chi connectivity index (χ1n) is 8.50. The number of thioether (sulfide) groups is 1. The van der Waals surface area contributed by atoms with Gasteiger partial charge in [0.1, 0.15) is 5.75 Å². The highest BCUT2D eigenvalue weighted by atomic mass is 32.2. The normalized spacial score (nSPS) is 11.8. The van der Waals surface area contributed by atoms with Crippen LogP contribution in [0.5, 0.6) is 5.75 Å². The molecule has 0 amide bonds. The lowest BCUT2D eigenvalue weighted by Gasteiger charge is -2.11. The second-order valence-electron chi connectivity index (χ2n) is 5.61. The van der Waals surface area contributed by atoms with Crippen LogP contribution in [0.15, 0.2) is 58.7 Å². The molecule has 0 radical (unpaired) electrons. The van der Waals surface area contributed by atoms with Crippen LogP contribution in [-0.4, -0.2) is 25.1 Å². The first-order chi connectivity index (χ1) is 12.7. The standard InChI is InChI=1S/C20H25N3O2S/c1-3-11-25-19-10-9-17(12-18(19)14-24-2)13-22-23-20(21)26-15-16-7-5-4-6-8-16/h4-10,12-13H,3,11,14-15H2,1-2H3,(H2,21,23). The quantitative estimate of drug-likeness (QED) is 0.407. The third-order valence-electron chi connectivity index (χ3n) is 3.44. The van der Waals surface area contributed by atoms with Crippen molar-refractivity contribution >= 4 is 23.1 Å². The van der Waals surface area contributed by atoms with Crippen LogP contribution in [0.1, 0.15) is 30.0 Å². The fraction of sp³-hybridized carbons (Fsp3) is 0.300. The molecule has 5 nitrogen and oxygen atoms in total. The highest BCUT2D eigenvalue weighted by molar-refractivity contribution is 8.13. The SMILES string of the molecule is CCCOc1ccc(C=NN=C(N)SCc2ccccc2)cc1COC. The molecule has 0 saturated carbocycles. The maximum absolute atomic E-state index is 5.90. The summed E-state index contributed by atoms with van der Waals surface area (Å²) in [6.45, 7) is 3.25. The fourth-order valence-electron chi connectivity index (χ4n) is 2.21. The van der Waals surface area contributed by atoms with E-state index in [1.165, 1.54) is 17.3 Å². The summed E-state index contributed by atoms with van der Waals surface area (Å²) >= 11 is 1.46. The summed E-state index contributed by atoms with van der Waals surface area (Å²) in [5, 5.41) is 8.56. The summed E-state index contributed by atoms with van der Waals surface area (Å²) in [4.78, 5) is 0. The maximum Gasteiger partial charge on any atom is 0.180 e. The molecule has 2 rings (SSSR count). The van der Waals surface area contributed by atoms with Crippen molar-refractivity contribution in [2.24, 2.45) is 15.9 Å². The first kappa shape index (κ1) is 20.0. The molecule has 0 saturated heterocycles. The molecule has 0 aliphatic heterocycles. The monoisotopic (exact) mass is 371 g/mol. The molecule has 0 aromatic heterocycles. The Morgan fingerprint density at radius 2 is 2.00 bits per heavy atom. The van der Waals surface area contributed by atoms with E-state index in [0.717, 1.165) is 29.1 Å². The highest BCUT2D eigenvalue weighted by Crippen LogP contribution is 2.21. The number of methoxy groups -OCH3 is 1. The number of hydrogen-bond acceptors (Lipinski definition) is 5. The molecule has 0 atom stereocenters. The van der Waals surface area contributed by atoms with Crippen molar-refractivity contribution in [3.63, 3.8) is 0 Å². The number of nitrogens with zero attached hydrogens (tertiary/aromatic N) is 2. The number of rotatable bonds is 9. The Kier molecular flexibility index (Phi) is 8.72. The van der Waals surface area contributed by atoms with Crippen LogP contribution in [0.25, 0.3) is 0 Å². The minimum atomic E-state index is 0.435. The molecule has 26 heavy (non-hydrogen) atoms. The van der Waals surface area contributed by atoms with E-state index in [4.69, 9.17) is 15.2 Å². The predicted molar refractivity (Wildman–Crippen MR) is 110 cm³/mol. The predicted octanol–water partition coefficient (Wildman–Crippen LogP) is 4.20. The van der Waals surface area contributed by atoms with E-state index in [9.17, 15) is 0 Å². The summed E-state index contributed by atoms with van der Waals surface area (Å²) in [5.41, 5.74) is 9.01. The van der Waals surface area contributed by atoms with E-state index in [1.807, 2.05) is 36.4 Å². The van der Waals surface area contributed by atoms with Crippen molar-refractivity contribution in [2.75, 3.05) is 13.7 Å². The van der Waals surface area contributed by atoms with Crippen LogP contribution in [0.2, 0.25) is 0 Å². The maximum atomic E-state index is 5.90. The molecule has 138 valence electrons. The molecule has 0 fully saturated rings. The third kappa shape index (κ3) is 6.90. The number of ether oxygens (including phenoxy) is 2. The van der Waals surface area contributed by atoms with Crippen molar-refractivity contribution in [2.45, 2.75) is 25.7 Å². The zero-order chi connectivity index (χ0) is 18.6. The average molecular weight is 372 g/mol. The van der Waals surface area contributed by atoms with Gasteiger partial charge in [-0.1, -0.05) is 49.0 Å². The van der Waals surface area contributed by atoms with E-state index in [2.05, 4.69) is 29.3 Å². The fourth-order valence-corrected chi connectivity index (χ4v) is 2.83. The molecule has 0 unspecified atom stereocenters. The van der Waals surface area contributed by atoms with E-state index >= 15 is 0 Å². The second kappa shape index (κ2) is 11.3. The average Bonchev–Trinajstić information content (AvgIpc) is 2.67. The first-order valence-corrected chi connectivity index (χ1v) is 9.49. The molecule has 2 N–H and O–H groups in total. The molecule has 0 bridgehead atoms. The van der Waals surface area contributed by atoms with E-state index in [0.29, 0.717) is 18.4 Å². The number of nitrogens with two attached hydrogens (primary N) is 1. The van der Waals surface area contributed by atoms with Crippen molar-refractivity contribution in [1.29, 1.82) is 0 Å². The summed E-state index contributed by atoms with van der Waals surface area (Å²) in [6, 6.07) is 16.0. The van der Waals surface area contributed by atoms with E-state index in [1.54, 1.807) is 13.3 Å². The van der Waals surface area contributed by atoms with Crippen molar-refractivity contribution in [1.82, 2.24) is 0 Å². The van der Waals surface area contributed by atoms with Gasteiger partial charge >= 0.3 is 0 Å². The van der Waals surface area contributed by atoms with Crippen molar-refractivity contribution in [3.05, 3.63) is 65.2 Å². The second-order valence-corrected chi connectivity index (χ2v) is 6.60. The molecule has 0 heterocycles. The van der Waals surface area contributed by atoms with E-state index in [-0.39, 0.29) is 0 Å². The Hall–Kier alpha value is -2.31. The van der Waals surface area contributed by atoms with E-state index < -0.39 is 0 Å². The van der Waals surface area contributed by atoms with Gasteiger partial charge in [0.05, 0.1) is 19.4 Å². The Bertz CT molecular complexity index is 733. The van der Waals surface area contributed by atoms with Gasteiger partial charge in [0.2, 0.25) is 0 Å². The van der Waals surface area contributed by atoms with Gasteiger partial charge in [0.25, 0.3) is 0 Å². The van der Waals surface area contributed by atoms with Gasteiger partial charge in [-0.05, 0) is 35.7 Å². The van der Waals surface area contributed by atoms with Gasteiger partial charge in [0.15, 0.2) is 5.17 Å². The Balaban J connectivity index is 1.96. The minimum Gasteiger partial charge on any atom is -0.493 e. The molecule has 0 aliphatic carbocycles. The zero-order valence-corrected chi connectivity index (χ0v) is 16.0. The van der Waals surface area contributed by atoms with Gasteiger partial charge in [-0.3, -0.25) is 0 Å². The lowest BCUT2D eigenvalue weighted by molar-refractivity contribution is 0.179. The molecule has 0 aliphatic rings. The number of hydrogen-bond donors (Lipinski definition) is 1. The van der Waals surface area contributed by atoms with Crippen molar-refractivity contribution < 1.29 is 9.47 Å². The number of amidine groups is 1. The molecule has 2 aromatic carbocycles. The smallest absolute Gasteiger partial charge is 0.180 e. The Labute approximate surface area is 159 Å². The number of benzene rings is 2. The van der Waals surface area contributed by atoms with Gasteiger partial charge in [-0.2, -0.15) is 5.10 Å². The highest BCUT2D eigenvalue weighted by Gasteiger charge is 2.04. The van der Waals surface area contributed by atoms with Crippen LogP contribution >= 0.6 is 11.8 Å². The van der Waals surface area contributed by atoms with Crippen molar-refractivity contribution in [3.8, 4) is 5.75 Å². The Morgan fingerprint density at radius 1 is 1.19 bits per heavy atom. The van der Waals surface area contributed by atoms with Crippen LogP contribution in [0.3, 0.4) is 0 Å². The third-order valence-corrected chi connectivity index (χ3v) is 4.29. The summed E-state index contributed by atoms with van der Waals surface area (Å²) in [7, 11) is 1.67. The summed E-state index contributed by atoms with van der Waals surface area (Å²) in [6.07, 6.45) is 2.64. The van der Waals surface area contributed by atoms with Crippen LogP contribution in [0, 0.1) is 0 Å². The minimum absolute atomic E-state index is 0.435. The topological polar surface area (TPSA) is 69.2 Å². The molecule has 6 heteroatoms. The lowest BCUT2D eigenvalue weighted by Crippen LogP contribution is -2.06. The van der Waals surface area contributed by atoms with Crippen LogP contribution in [0.4, 0.5) is 0 Å². The molecule has 0 spiro atoms. The lowest BCUT2D eigenvalue weighted by atomic mass is 10.1. The molecular formula is C20H25N3O2S. The van der Waals surface area contributed by atoms with Crippen LogP contribution in [-0.2, 0) is 17.1 Å².